The molecule has 0 aromatic heterocycles. The Balaban J connectivity index is 2.35. The Bertz CT molecular complexity index is 656. The minimum atomic E-state index is -3.83. The fraction of sp³-hybridized carbons (Fsp3) is 0.533. The quantitative estimate of drug-likeness (QED) is 0.865. The molecule has 1 fully saturated rings. The summed E-state index contributed by atoms with van der Waals surface area (Å²) in [5.74, 6) is -0.775. The molecule has 1 aliphatic carbocycles. The molecule has 0 heterocycles. The normalized spacial score (nSPS) is 22.3. The van der Waals surface area contributed by atoms with Crippen molar-refractivity contribution in [3.63, 3.8) is 0 Å². The van der Waals surface area contributed by atoms with E-state index < -0.39 is 16.0 Å². The number of methoxy groups -OCH3 is 1. The van der Waals surface area contributed by atoms with Crippen LogP contribution >= 0.6 is 0 Å². The Hall–Kier alpha value is -1.60. The lowest BCUT2D eigenvalue weighted by molar-refractivity contribution is 0.0696. The molecule has 0 spiro atoms. The van der Waals surface area contributed by atoms with Gasteiger partial charge in [0.2, 0.25) is 10.0 Å². The van der Waals surface area contributed by atoms with Gasteiger partial charge < -0.3 is 9.84 Å². The predicted molar refractivity (Wildman–Crippen MR) is 81.7 cm³/mol. The largest absolute Gasteiger partial charge is 0.495 e. The molecule has 2 N–H and O–H groups in total. The minimum absolute atomic E-state index is 0.0853. The van der Waals surface area contributed by atoms with Crippen LogP contribution in [0.3, 0.4) is 0 Å². The first-order chi connectivity index (χ1) is 10.3. The van der Waals surface area contributed by atoms with Crippen molar-refractivity contribution in [1.82, 2.24) is 4.72 Å². The fourth-order valence-corrected chi connectivity index (χ4v) is 4.35. The van der Waals surface area contributed by atoms with E-state index in [0.717, 1.165) is 31.7 Å². The number of rotatable bonds is 5. The number of hydrogen-bond acceptors (Lipinski definition) is 4. The molecule has 1 aromatic carbocycles. The second-order valence-electron chi connectivity index (χ2n) is 5.66. The molecule has 0 amide bonds. The highest BCUT2D eigenvalue weighted by Gasteiger charge is 2.29. The Morgan fingerprint density at radius 3 is 2.59 bits per heavy atom. The van der Waals surface area contributed by atoms with Crippen molar-refractivity contribution in [2.45, 2.75) is 43.5 Å². The monoisotopic (exact) mass is 327 g/mol. The third-order valence-corrected chi connectivity index (χ3v) is 5.63. The Kier molecular flexibility index (Phi) is 5.08. The Labute approximate surface area is 130 Å². The van der Waals surface area contributed by atoms with Gasteiger partial charge in [-0.05, 0) is 37.0 Å². The third-order valence-electron chi connectivity index (χ3n) is 4.12. The van der Waals surface area contributed by atoms with E-state index in [0.29, 0.717) is 0 Å². The van der Waals surface area contributed by atoms with Crippen LogP contribution in [0.1, 0.15) is 43.0 Å². The highest BCUT2D eigenvalue weighted by atomic mass is 32.2. The predicted octanol–water partition coefficient (Wildman–Crippen LogP) is 2.25. The number of benzene rings is 1. The van der Waals surface area contributed by atoms with Gasteiger partial charge in [-0.15, -0.1) is 0 Å². The van der Waals surface area contributed by atoms with E-state index >= 15 is 0 Å². The minimum Gasteiger partial charge on any atom is -0.495 e. The van der Waals surface area contributed by atoms with Crippen LogP contribution in [0.15, 0.2) is 23.1 Å². The van der Waals surface area contributed by atoms with Crippen LogP contribution in [0.25, 0.3) is 0 Å². The number of carboxylic acid groups (broad SMARTS) is 1. The summed E-state index contributed by atoms with van der Waals surface area (Å²) in [5.41, 5.74) is -0.0853. The lowest BCUT2D eigenvalue weighted by Gasteiger charge is -2.29. The molecule has 6 nitrogen and oxygen atoms in total. The molecule has 1 saturated carbocycles. The van der Waals surface area contributed by atoms with Crippen molar-refractivity contribution >= 4 is 16.0 Å². The highest BCUT2D eigenvalue weighted by molar-refractivity contribution is 7.89. The summed E-state index contributed by atoms with van der Waals surface area (Å²) < 4.78 is 33.0. The van der Waals surface area contributed by atoms with E-state index in [-0.39, 0.29) is 28.2 Å². The molecule has 0 bridgehead atoms. The van der Waals surface area contributed by atoms with E-state index in [1.807, 2.05) is 6.92 Å². The molecule has 0 radical (unpaired) electrons. The van der Waals surface area contributed by atoms with E-state index in [9.17, 15) is 13.2 Å². The molecule has 0 saturated heterocycles. The summed E-state index contributed by atoms with van der Waals surface area (Å²) >= 11 is 0. The van der Waals surface area contributed by atoms with Gasteiger partial charge in [-0.25, -0.2) is 17.9 Å². The van der Waals surface area contributed by atoms with Gasteiger partial charge in [0.15, 0.2) is 0 Å². The molecule has 0 unspecified atom stereocenters. The molecule has 122 valence electrons. The van der Waals surface area contributed by atoms with E-state index in [1.165, 1.54) is 19.2 Å². The number of carbonyl (C=O) groups is 1. The second-order valence-corrected chi connectivity index (χ2v) is 7.34. The van der Waals surface area contributed by atoms with Crippen LogP contribution in [-0.4, -0.2) is 32.6 Å². The van der Waals surface area contributed by atoms with Gasteiger partial charge in [-0.2, -0.15) is 0 Å². The van der Waals surface area contributed by atoms with Crippen LogP contribution in [0.4, 0.5) is 0 Å². The first kappa shape index (κ1) is 16.8. The van der Waals surface area contributed by atoms with Crippen molar-refractivity contribution < 1.29 is 23.1 Å². The zero-order chi connectivity index (χ0) is 16.3. The number of nitrogens with one attached hydrogen (secondary N) is 1. The van der Waals surface area contributed by atoms with Crippen molar-refractivity contribution in [2.24, 2.45) is 5.92 Å². The maximum absolute atomic E-state index is 12.6. The smallest absolute Gasteiger partial charge is 0.335 e. The maximum atomic E-state index is 12.6. The van der Waals surface area contributed by atoms with Crippen LogP contribution in [0.2, 0.25) is 0 Å². The lowest BCUT2D eigenvalue weighted by Crippen LogP contribution is -2.41. The van der Waals surface area contributed by atoms with Gasteiger partial charge in [-0.1, -0.05) is 19.8 Å². The summed E-state index contributed by atoms with van der Waals surface area (Å²) in [5, 5.41) is 9.05. The van der Waals surface area contributed by atoms with Crippen molar-refractivity contribution in [3.05, 3.63) is 23.8 Å². The van der Waals surface area contributed by atoms with Gasteiger partial charge in [0.05, 0.1) is 12.7 Å². The maximum Gasteiger partial charge on any atom is 0.335 e. The number of hydrogen-bond donors (Lipinski definition) is 2. The van der Waals surface area contributed by atoms with Crippen LogP contribution in [0.5, 0.6) is 5.75 Å². The topological polar surface area (TPSA) is 92.7 Å². The highest BCUT2D eigenvalue weighted by Crippen LogP contribution is 2.29. The Morgan fingerprint density at radius 2 is 2.00 bits per heavy atom. The first-order valence-electron chi connectivity index (χ1n) is 7.29. The molecule has 0 aliphatic heterocycles. The average molecular weight is 327 g/mol. The summed E-state index contributed by atoms with van der Waals surface area (Å²) in [4.78, 5) is 10.9. The third kappa shape index (κ3) is 3.59. The first-order valence-corrected chi connectivity index (χ1v) is 8.77. The lowest BCUT2D eigenvalue weighted by atomic mass is 9.87. The van der Waals surface area contributed by atoms with Crippen LogP contribution in [-0.2, 0) is 10.0 Å². The van der Waals surface area contributed by atoms with Crippen molar-refractivity contribution in [2.75, 3.05) is 7.11 Å². The standard InChI is InChI=1S/C15H21NO5S/c1-10-5-3-4-6-12(10)16-22(19,20)14-9-11(15(17)18)7-8-13(14)21-2/h7-10,12,16H,3-6H2,1-2H3,(H,17,18)/t10-,12+/m1/s1. The van der Waals surface area contributed by atoms with E-state index in [4.69, 9.17) is 9.84 Å². The number of ether oxygens (including phenoxy) is 1. The molecule has 7 heteroatoms. The van der Waals surface area contributed by atoms with Gasteiger partial charge in [0, 0.05) is 6.04 Å². The summed E-state index contributed by atoms with van der Waals surface area (Å²) in [7, 11) is -2.47. The van der Waals surface area contributed by atoms with Crippen LogP contribution in [0, 0.1) is 5.92 Å². The number of sulfonamides is 1. The molecule has 22 heavy (non-hydrogen) atoms. The molecule has 2 rings (SSSR count). The average Bonchev–Trinajstić information content (AvgIpc) is 2.48. The zero-order valence-electron chi connectivity index (χ0n) is 12.7. The van der Waals surface area contributed by atoms with Gasteiger partial charge in [0.25, 0.3) is 0 Å². The van der Waals surface area contributed by atoms with Crippen LogP contribution < -0.4 is 9.46 Å². The molecular weight excluding hydrogens is 306 g/mol. The van der Waals surface area contributed by atoms with E-state index in [2.05, 4.69) is 4.72 Å². The van der Waals surface area contributed by atoms with Crippen molar-refractivity contribution in [1.29, 1.82) is 0 Å². The Morgan fingerprint density at radius 1 is 1.32 bits per heavy atom. The molecule has 1 aromatic rings. The summed E-state index contributed by atoms with van der Waals surface area (Å²) in [6, 6.07) is 3.69. The zero-order valence-corrected chi connectivity index (χ0v) is 13.5. The molecule has 1 aliphatic rings. The molecule has 2 atom stereocenters. The fourth-order valence-electron chi connectivity index (χ4n) is 2.77. The SMILES string of the molecule is COc1ccc(C(=O)O)cc1S(=O)(=O)N[C@H]1CCCC[C@H]1C. The molecular formula is C15H21NO5S. The van der Waals surface area contributed by atoms with Gasteiger partial charge >= 0.3 is 5.97 Å². The number of carboxylic acids is 1. The summed E-state index contributed by atoms with van der Waals surface area (Å²) in [6.07, 6.45) is 3.88. The van der Waals surface area contributed by atoms with Gasteiger partial charge in [-0.3, -0.25) is 0 Å². The number of aromatic carboxylic acids is 1. The summed E-state index contributed by atoms with van der Waals surface area (Å²) in [6.45, 7) is 2.03. The van der Waals surface area contributed by atoms with Gasteiger partial charge in [0.1, 0.15) is 10.6 Å². The second kappa shape index (κ2) is 6.66. The van der Waals surface area contributed by atoms with Crippen molar-refractivity contribution in [3.8, 4) is 5.75 Å². The van der Waals surface area contributed by atoms with E-state index in [1.54, 1.807) is 0 Å².